The van der Waals surface area contributed by atoms with Crippen LogP contribution in [-0.4, -0.2) is 34.7 Å². The van der Waals surface area contributed by atoms with E-state index in [9.17, 15) is 4.79 Å². The van der Waals surface area contributed by atoms with Crippen LogP contribution >= 0.6 is 0 Å². The standard InChI is InChI=1S/C22H20N4O3/c1-14-10-11-23-13-18(14)21(27)24-15-4-6-16(7-5-15)26-20-9-8-17(28-2)12-19(20)25-22(26)29-3/h4-13H,1-3H3,(H,24,27). The Bertz CT molecular complexity index is 1180. The quantitative estimate of drug-likeness (QED) is 0.559. The van der Waals surface area contributed by atoms with Crippen LogP contribution in [0.3, 0.4) is 0 Å². The highest BCUT2D eigenvalue weighted by Gasteiger charge is 2.14. The van der Waals surface area contributed by atoms with Crippen LogP contribution in [0.15, 0.2) is 60.9 Å². The van der Waals surface area contributed by atoms with Gasteiger partial charge in [0.05, 0.1) is 36.5 Å². The zero-order valence-electron chi connectivity index (χ0n) is 16.3. The Morgan fingerprint density at radius 1 is 1.03 bits per heavy atom. The number of rotatable bonds is 5. The molecule has 2 aromatic heterocycles. The second kappa shape index (κ2) is 7.63. The van der Waals surface area contributed by atoms with E-state index in [0.29, 0.717) is 17.3 Å². The van der Waals surface area contributed by atoms with Gasteiger partial charge in [-0.1, -0.05) is 0 Å². The van der Waals surface area contributed by atoms with Crippen molar-refractivity contribution in [1.29, 1.82) is 0 Å². The van der Waals surface area contributed by atoms with E-state index in [4.69, 9.17) is 9.47 Å². The first-order valence-electron chi connectivity index (χ1n) is 9.03. The molecule has 4 rings (SSSR count). The second-order valence-electron chi connectivity index (χ2n) is 6.48. The minimum Gasteiger partial charge on any atom is -0.497 e. The van der Waals surface area contributed by atoms with Gasteiger partial charge in [-0.25, -0.2) is 0 Å². The molecule has 29 heavy (non-hydrogen) atoms. The van der Waals surface area contributed by atoms with Crippen LogP contribution in [0.25, 0.3) is 16.7 Å². The van der Waals surface area contributed by atoms with E-state index in [1.807, 2.05) is 60.0 Å². The molecule has 0 atom stereocenters. The van der Waals surface area contributed by atoms with Gasteiger partial charge in [0.25, 0.3) is 5.91 Å². The maximum atomic E-state index is 12.5. The predicted molar refractivity (Wildman–Crippen MR) is 111 cm³/mol. The summed E-state index contributed by atoms with van der Waals surface area (Å²) in [5.41, 5.74) is 4.64. The molecule has 1 amide bonds. The molecule has 4 aromatic rings. The first kappa shape index (κ1) is 18.5. The van der Waals surface area contributed by atoms with E-state index in [1.165, 1.54) is 0 Å². The molecule has 2 aromatic carbocycles. The van der Waals surface area contributed by atoms with Gasteiger partial charge >= 0.3 is 6.01 Å². The molecular weight excluding hydrogens is 368 g/mol. The van der Waals surface area contributed by atoms with Crippen LogP contribution in [0.1, 0.15) is 15.9 Å². The molecule has 0 aliphatic heterocycles. The van der Waals surface area contributed by atoms with Gasteiger partial charge in [-0.05, 0) is 55.0 Å². The third-order valence-electron chi connectivity index (χ3n) is 4.68. The first-order chi connectivity index (χ1) is 14.1. The molecule has 0 aliphatic rings. The number of aromatic nitrogens is 3. The Kier molecular flexibility index (Phi) is 4.87. The lowest BCUT2D eigenvalue weighted by Gasteiger charge is -2.10. The average molecular weight is 388 g/mol. The number of carbonyl (C=O) groups is 1. The molecule has 0 aliphatic carbocycles. The van der Waals surface area contributed by atoms with Gasteiger partial charge in [-0.15, -0.1) is 0 Å². The average Bonchev–Trinajstić information content (AvgIpc) is 3.12. The molecule has 146 valence electrons. The van der Waals surface area contributed by atoms with Gasteiger partial charge in [0.15, 0.2) is 0 Å². The number of methoxy groups -OCH3 is 2. The predicted octanol–water partition coefficient (Wildman–Crippen LogP) is 4.00. The summed E-state index contributed by atoms with van der Waals surface area (Å²) >= 11 is 0. The summed E-state index contributed by atoms with van der Waals surface area (Å²) in [4.78, 5) is 21.0. The fourth-order valence-corrected chi connectivity index (χ4v) is 3.15. The lowest BCUT2D eigenvalue weighted by Crippen LogP contribution is -2.13. The fraction of sp³-hybridized carbons (Fsp3) is 0.136. The number of aryl methyl sites for hydroxylation is 1. The van der Waals surface area contributed by atoms with Crippen LogP contribution in [0.5, 0.6) is 11.8 Å². The van der Waals surface area contributed by atoms with Crippen molar-refractivity contribution < 1.29 is 14.3 Å². The summed E-state index contributed by atoms with van der Waals surface area (Å²) in [5.74, 6) is 0.537. The molecule has 7 heteroatoms. The summed E-state index contributed by atoms with van der Waals surface area (Å²) in [6, 6.07) is 15.4. The molecule has 0 spiro atoms. The van der Waals surface area contributed by atoms with E-state index >= 15 is 0 Å². The molecule has 1 N–H and O–H groups in total. The van der Waals surface area contributed by atoms with E-state index in [0.717, 1.165) is 28.0 Å². The maximum Gasteiger partial charge on any atom is 0.301 e. The van der Waals surface area contributed by atoms with Crippen LogP contribution < -0.4 is 14.8 Å². The zero-order valence-corrected chi connectivity index (χ0v) is 16.3. The highest BCUT2D eigenvalue weighted by Crippen LogP contribution is 2.29. The molecule has 0 saturated heterocycles. The minimum absolute atomic E-state index is 0.193. The summed E-state index contributed by atoms with van der Waals surface area (Å²) in [6.45, 7) is 1.88. The number of nitrogens with zero attached hydrogens (tertiary/aromatic N) is 3. The first-order valence-corrected chi connectivity index (χ1v) is 9.03. The van der Waals surface area contributed by atoms with Gasteiger partial charge in [-0.3, -0.25) is 14.3 Å². The lowest BCUT2D eigenvalue weighted by atomic mass is 10.1. The van der Waals surface area contributed by atoms with E-state index < -0.39 is 0 Å². The van der Waals surface area contributed by atoms with Crippen molar-refractivity contribution in [1.82, 2.24) is 14.5 Å². The number of hydrogen-bond acceptors (Lipinski definition) is 5. The van der Waals surface area contributed by atoms with E-state index in [2.05, 4.69) is 15.3 Å². The fourth-order valence-electron chi connectivity index (χ4n) is 3.15. The molecule has 7 nitrogen and oxygen atoms in total. The number of pyridine rings is 1. The number of carbonyl (C=O) groups excluding carboxylic acids is 1. The Labute approximate surface area is 167 Å². The Morgan fingerprint density at radius 2 is 1.83 bits per heavy atom. The Hall–Kier alpha value is -3.87. The van der Waals surface area contributed by atoms with Crippen LogP contribution in [0.4, 0.5) is 5.69 Å². The summed E-state index contributed by atoms with van der Waals surface area (Å²) < 4.78 is 12.6. The maximum absolute atomic E-state index is 12.5. The molecule has 0 bridgehead atoms. The lowest BCUT2D eigenvalue weighted by molar-refractivity contribution is 0.102. The molecule has 0 saturated carbocycles. The highest BCUT2D eigenvalue weighted by atomic mass is 16.5. The highest BCUT2D eigenvalue weighted by molar-refractivity contribution is 6.05. The number of ether oxygens (including phenoxy) is 2. The Balaban J connectivity index is 1.64. The van der Waals surface area contributed by atoms with Gasteiger partial charge in [0.1, 0.15) is 5.75 Å². The Morgan fingerprint density at radius 3 is 2.52 bits per heavy atom. The summed E-state index contributed by atoms with van der Waals surface area (Å²) in [6.07, 6.45) is 3.23. The summed E-state index contributed by atoms with van der Waals surface area (Å²) in [7, 11) is 3.20. The number of benzene rings is 2. The second-order valence-corrected chi connectivity index (χ2v) is 6.48. The SMILES string of the molecule is COc1ccc2c(c1)nc(OC)n2-c1ccc(NC(=O)c2cnccc2C)cc1. The van der Waals surface area contributed by atoms with Crippen molar-refractivity contribution >= 4 is 22.6 Å². The van der Waals surface area contributed by atoms with Gasteiger partial charge in [-0.2, -0.15) is 4.98 Å². The number of fused-ring (bicyclic) bond motifs is 1. The van der Waals surface area contributed by atoms with Gasteiger partial charge in [0.2, 0.25) is 0 Å². The van der Waals surface area contributed by atoms with Gasteiger partial charge < -0.3 is 14.8 Å². The van der Waals surface area contributed by atoms with E-state index in [-0.39, 0.29) is 5.91 Å². The van der Waals surface area contributed by atoms with Crippen LogP contribution in [0.2, 0.25) is 0 Å². The normalized spacial score (nSPS) is 10.7. The van der Waals surface area contributed by atoms with Gasteiger partial charge in [0, 0.05) is 24.1 Å². The zero-order chi connectivity index (χ0) is 20.4. The van der Waals surface area contributed by atoms with Crippen LogP contribution in [-0.2, 0) is 0 Å². The third kappa shape index (κ3) is 3.50. The van der Waals surface area contributed by atoms with E-state index in [1.54, 1.807) is 26.6 Å². The minimum atomic E-state index is -0.193. The van der Waals surface area contributed by atoms with Crippen molar-refractivity contribution in [2.75, 3.05) is 19.5 Å². The summed E-state index contributed by atoms with van der Waals surface area (Å²) in [5, 5.41) is 2.90. The van der Waals surface area contributed by atoms with Crippen molar-refractivity contribution in [3.05, 3.63) is 72.1 Å². The van der Waals surface area contributed by atoms with Crippen LogP contribution in [0, 0.1) is 6.92 Å². The smallest absolute Gasteiger partial charge is 0.301 e. The molecule has 0 radical (unpaired) electrons. The largest absolute Gasteiger partial charge is 0.497 e. The third-order valence-corrected chi connectivity index (χ3v) is 4.68. The molecule has 0 unspecified atom stereocenters. The van der Waals surface area contributed by atoms with Crippen molar-refractivity contribution in [2.24, 2.45) is 0 Å². The molecule has 0 fully saturated rings. The monoisotopic (exact) mass is 388 g/mol. The van der Waals surface area contributed by atoms with Crippen molar-refractivity contribution in [3.63, 3.8) is 0 Å². The number of anilines is 1. The van der Waals surface area contributed by atoms with Crippen molar-refractivity contribution in [3.8, 4) is 17.4 Å². The molecular formula is C22H20N4O3. The number of nitrogens with one attached hydrogen (secondary N) is 1. The number of hydrogen-bond donors (Lipinski definition) is 1. The number of amides is 1. The molecule has 2 heterocycles. The topological polar surface area (TPSA) is 78.3 Å². The van der Waals surface area contributed by atoms with Crippen molar-refractivity contribution in [2.45, 2.75) is 6.92 Å². The number of imidazole rings is 1.